The van der Waals surface area contributed by atoms with Gasteiger partial charge in [-0.25, -0.2) is 4.79 Å². The first-order chi connectivity index (χ1) is 10.1. The van der Waals surface area contributed by atoms with Gasteiger partial charge in [-0.2, -0.15) is 0 Å². The molecular weight excluding hydrogens is 264 g/mol. The maximum Gasteiger partial charge on any atom is 0.315 e. The van der Waals surface area contributed by atoms with Gasteiger partial charge in [0.25, 0.3) is 0 Å². The standard InChI is InChI=1S/C17H26N2O2/c1-13(2)15-5-3-14(4-6-15)7-10-18-17(20)19-16-8-11-21-12-9-16/h3-6,13,16H,7-12H2,1-2H3,(H2,18,19,20). The van der Waals surface area contributed by atoms with E-state index in [1.165, 1.54) is 11.1 Å². The van der Waals surface area contributed by atoms with Crippen molar-refractivity contribution in [3.05, 3.63) is 35.4 Å². The smallest absolute Gasteiger partial charge is 0.315 e. The Morgan fingerprint density at radius 1 is 1.24 bits per heavy atom. The van der Waals surface area contributed by atoms with Gasteiger partial charge in [0.15, 0.2) is 0 Å². The van der Waals surface area contributed by atoms with Crippen molar-refractivity contribution < 1.29 is 9.53 Å². The molecule has 2 rings (SSSR count). The highest BCUT2D eigenvalue weighted by Crippen LogP contribution is 2.14. The molecule has 2 N–H and O–H groups in total. The molecule has 0 aromatic heterocycles. The topological polar surface area (TPSA) is 50.4 Å². The number of amides is 2. The minimum atomic E-state index is -0.0688. The van der Waals surface area contributed by atoms with Gasteiger partial charge in [0.2, 0.25) is 0 Å². The van der Waals surface area contributed by atoms with Gasteiger partial charge in [0, 0.05) is 25.8 Å². The maximum absolute atomic E-state index is 11.8. The fourth-order valence-corrected chi connectivity index (χ4v) is 2.47. The van der Waals surface area contributed by atoms with Gasteiger partial charge in [0.1, 0.15) is 0 Å². The summed E-state index contributed by atoms with van der Waals surface area (Å²) in [5.74, 6) is 0.558. The molecule has 116 valence electrons. The largest absolute Gasteiger partial charge is 0.381 e. The predicted octanol–water partition coefficient (Wildman–Crippen LogP) is 2.83. The van der Waals surface area contributed by atoms with Crippen LogP contribution in [0.1, 0.15) is 43.7 Å². The Balaban J connectivity index is 1.67. The van der Waals surface area contributed by atoms with Gasteiger partial charge in [-0.05, 0) is 36.3 Å². The number of ether oxygens (including phenoxy) is 1. The van der Waals surface area contributed by atoms with Crippen molar-refractivity contribution >= 4 is 6.03 Å². The Labute approximate surface area is 127 Å². The van der Waals surface area contributed by atoms with Crippen LogP contribution in [0, 0.1) is 0 Å². The van der Waals surface area contributed by atoms with Crippen LogP contribution < -0.4 is 10.6 Å². The molecular formula is C17H26N2O2. The molecule has 0 aliphatic carbocycles. The van der Waals surface area contributed by atoms with Crippen molar-refractivity contribution in [3.8, 4) is 0 Å². The summed E-state index contributed by atoms with van der Waals surface area (Å²) in [6.45, 7) is 6.53. The van der Waals surface area contributed by atoms with E-state index in [0.717, 1.165) is 32.5 Å². The van der Waals surface area contributed by atoms with E-state index in [9.17, 15) is 4.79 Å². The molecule has 1 aliphatic rings. The number of nitrogens with one attached hydrogen (secondary N) is 2. The number of rotatable bonds is 5. The van der Waals surface area contributed by atoms with Crippen LogP contribution in [0.15, 0.2) is 24.3 Å². The molecule has 0 saturated carbocycles. The van der Waals surface area contributed by atoms with Crippen molar-refractivity contribution in [2.45, 2.75) is 45.1 Å². The number of hydrogen-bond donors (Lipinski definition) is 2. The highest BCUT2D eigenvalue weighted by atomic mass is 16.5. The number of urea groups is 1. The van der Waals surface area contributed by atoms with Crippen LogP contribution in [-0.2, 0) is 11.2 Å². The summed E-state index contributed by atoms with van der Waals surface area (Å²) in [4.78, 5) is 11.8. The van der Waals surface area contributed by atoms with E-state index in [-0.39, 0.29) is 12.1 Å². The Morgan fingerprint density at radius 3 is 2.52 bits per heavy atom. The molecule has 21 heavy (non-hydrogen) atoms. The molecule has 4 heteroatoms. The quantitative estimate of drug-likeness (QED) is 0.876. The maximum atomic E-state index is 11.8. The summed E-state index contributed by atoms with van der Waals surface area (Å²) < 4.78 is 5.27. The van der Waals surface area contributed by atoms with Crippen LogP contribution in [0.25, 0.3) is 0 Å². The highest BCUT2D eigenvalue weighted by molar-refractivity contribution is 5.74. The monoisotopic (exact) mass is 290 g/mol. The Morgan fingerprint density at radius 2 is 1.90 bits per heavy atom. The van der Waals surface area contributed by atoms with E-state index in [1.807, 2.05) is 0 Å². The van der Waals surface area contributed by atoms with Gasteiger partial charge >= 0.3 is 6.03 Å². The van der Waals surface area contributed by atoms with E-state index in [4.69, 9.17) is 4.74 Å². The normalized spacial score (nSPS) is 16.0. The molecule has 1 fully saturated rings. The van der Waals surface area contributed by atoms with E-state index in [1.54, 1.807) is 0 Å². The average molecular weight is 290 g/mol. The molecule has 1 aromatic rings. The van der Waals surface area contributed by atoms with Crippen molar-refractivity contribution in [3.63, 3.8) is 0 Å². The molecule has 0 spiro atoms. The van der Waals surface area contributed by atoms with Crippen molar-refractivity contribution in [1.82, 2.24) is 10.6 Å². The highest BCUT2D eigenvalue weighted by Gasteiger charge is 2.15. The number of hydrogen-bond acceptors (Lipinski definition) is 2. The van der Waals surface area contributed by atoms with Gasteiger partial charge in [0.05, 0.1) is 0 Å². The number of carbonyl (C=O) groups excluding carboxylic acids is 1. The third-order valence-corrected chi connectivity index (χ3v) is 3.90. The van der Waals surface area contributed by atoms with Crippen molar-refractivity contribution in [1.29, 1.82) is 0 Å². The van der Waals surface area contributed by atoms with Gasteiger partial charge in [-0.3, -0.25) is 0 Å². The molecule has 2 amide bonds. The molecule has 0 bridgehead atoms. The first kappa shape index (κ1) is 15.8. The molecule has 0 atom stereocenters. The summed E-state index contributed by atoms with van der Waals surface area (Å²) in [5, 5.41) is 5.92. The van der Waals surface area contributed by atoms with Gasteiger partial charge in [-0.15, -0.1) is 0 Å². The lowest BCUT2D eigenvalue weighted by atomic mass is 10.0. The van der Waals surface area contributed by atoms with E-state index in [0.29, 0.717) is 12.5 Å². The van der Waals surface area contributed by atoms with E-state index >= 15 is 0 Å². The summed E-state index contributed by atoms with van der Waals surface area (Å²) in [6.07, 6.45) is 2.67. The third kappa shape index (κ3) is 5.38. The van der Waals surface area contributed by atoms with Crippen LogP contribution in [0.2, 0.25) is 0 Å². The lowest BCUT2D eigenvalue weighted by Gasteiger charge is -2.23. The number of benzene rings is 1. The third-order valence-electron chi connectivity index (χ3n) is 3.90. The van der Waals surface area contributed by atoms with Crippen molar-refractivity contribution in [2.24, 2.45) is 0 Å². The Hall–Kier alpha value is -1.55. The summed E-state index contributed by atoms with van der Waals surface area (Å²) in [6, 6.07) is 8.81. The summed E-state index contributed by atoms with van der Waals surface area (Å²) >= 11 is 0. The SMILES string of the molecule is CC(C)c1ccc(CCNC(=O)NC2CCOCC2)cc1. The molecule has 1 heterocycles. The van der Waals surface area contributed by atoms with Gasteiger partial charge in [-0.1, -0.05) is 38.1 Å². The Kier molecular flexibility index (Phi) is 6.05. The Bertz CT molecular complexity index is 437. The van der Waals surface area contributed by atoms with Crippen LogP contribution in [0.3, 0.4) is 0 Å². The fourth-order valence-electron chi connectivity index (χ4n) is 2.47. The van der Waals surface area contributed by atoms with Gasteiger partial charge < -0.3 is 15.4 Å². The zero-order valence-corrected chi connectivity index (χ0v) is 13.0. The molecule has 0 unspecified atom stereocenters. The summed E-state index contributed by atoms with van der Waals surface area (Å²) in [5.41, 5.74) is 2.61. The lowest BCUT2D eigenvalue weighted by Crippen LogP contribution is -2.44. The first-order valence-electron chi connectivity index (χ1n) is 7.86. The minimum absolute atomic E-state index is 0.0688. The zero-order valence-electron chi connectivity index (χ0n) is 13.0. The van der Waals surface area contributed by atoms with Crippen LogP contribution in [0.4, 0.5) is 4.79 Å². The van der Waals surface area contributed by atoms with E-state index in [2.05, 4.69) is 48.7 Å². The molecule has 0 radical (unpaired) electrons. The summed E-state index contributed by atoms with van der Waals surface area (Å²) in [7, 11) is 0. The zero-order chi connectivity index (χ0) is 15.1. The number of carbonyl (C=O) groups is 1. The molecule has 1 aliphatic heterocycles. The minimum Gasteiger partial charge on any atom is -0.381 e. The molecule has 1 saturated heterocycles. The van der Waals surface area contributed by atoms with Crippen LogP contribution in [-0.4, -0.2) is 31.8 Å². The fraction of sp³-hybridized carbons (Fsp3) is 0.588. The second kappa shape index (κ2) is 8.03. The predicted molar refractivity (Wildman–Crippen MR) is 84.6 cm³/mol. The van der Waals surface area contributed by atoms with Crippen LogP contribution >= 0.6 is 0 Å². The average Bonchev–Trinajstić information content (AvgIpc) is 2.49. The second-order valence-electron chi connectivity index (χ2n) is 5.93. The van der Waals surface area contributed by atoms with Crippen LogP contribution in [0.5, 0.6) is 0 Å². The molecule has 1 aromatic carbocycles. The first-order valence-corrected chi connectivity index (χ1v) is 7.86. The van der Waals surface area contributed by atoms with E-state index < -0.39 is 0 Å². The lowest BCUT2D eigenvalue weighted by molar-refractivity contribution is 0.0801. The molecule has 4 nitrogen and oxygen atoms in total. The van der Waals surface area contributed by atoms with Crippen molar-refractivity contribution in [2.75, 3.05) is 19.8 Å². The second-order valence-corrected chi connectivity index (χ2v) is 5.93.